The van der Waals surface area contributed by atoms with Crippen LogP contribution in [0, 0.1) is 5.41 Å². The third-order valence-corrected chi connectivity index (χ3v) is 5.18. The topological polar surface area (TPSA) is 61.8 Å². The van der Waals surface area contributed by atoms with E-state index in [2.05, 4.69) is 47.3 Å². The van der Waals surface area contributed by atoms with Gasteiger partial charge in [-0.3, -0.25) is 4.99 Å². The first-order valence-electron chi connectivity index (χ1n) is 7.96. The minimum absolute atomic E-state index is 0.113. The van der Waals surface area contributed by atoms with Crippen LogP contribution >= 0.6 is 0 Å². The molecule has 0 atom stereocenters. The molecule has 0 radical (unpaired) electrons. The molecule has 0 aromatic heterocycles. The maximum Gasteiger partial charge on any atom is 0.198 e. The highest BCUT2D eigenvalue weighted by atomic mass is 32.2. The Labute approximate surface area is 139 Å². The molecule has 0 saturated carbocycles. The molecule has 23 heavy (non-hydrogen) atoms. The van der Waals surface area contributed by atoms with Crippen LogP contribution in [0.15, 0.2) is 29.3 Å². The maximum absolute atomic E-state index is 11.4. The second kappa shape index (κ2) is 6.91. The summed E-state index contributed by atoms with van der Waals surface area (Å²) in [6.45, 7) is 5.77. The zero-order valence-electron chi connectivity index (χ0n) is 14.5. The smallest absolute Gasteiger partial charge is 0.198 e. The maximum atomic E-state index is 11.4. The van der Waals surface area contributed by atoms with E-state index in [4.69, 9.17) is 0 Å². The van der Waals surface area contributed by atoms with Crippen LogP contribution in [0.5, 0.6) is 0 Å². The number of hydrogen-bond donors (Lipinski definition) is 1. The summed E-state index contributed by atoms with van der Waals surface area (Å²) in [6.07, 6.45) is 2.94. The molecule has 0 bridgehead atoms. The van der Waals surface area contributed by atoms with Crippen LogP contribution < -0.4 is 10.2 Å². The Balaban J connectivity index is 1.99. The molecule has 0 saturated heterocycles. The number of hydrogen-bond acceptors (Lipinski definition) is 3. The van der Waals surface area contributed by atoms with E-state index < -0.39 is 9.84 Å². The van der Waals surface area contributed by atoms with Gasteiger partial charge in [0, 0.05) is 32.1 Å². The molecule has 1 aromatic rings. The summed E-state index contributed by atoms with van der Waals surface area (Å²) < 4.78 is 22.7. The lowest BCUT2D eigenvalue weighted by Crippen LogP contribution is -2.44. The fraction of sp³-hybridized carbons (Fsp3) is 0.588. The number of nitrogens with zero attached hydrogens (tertiary/aromatic N) is 2. The zero-order chi connectivity index (χ0) is 17.1. The van der Waals surface area contributed by atoms with Gasteiger partial charge < -0.3 is 10.2 Å². The highest BCUT2D eigenvalue weighted by Gasteiger charge is 2.25. The number of fused-ring (bicyclic) bond motifs is 1. The molecule has 0 unspecified atom stereocenters. The van der Waals surface area contributed by atoms with E-state index in [1.807, 2.05) is 6.07 Å². The van der Waals surface area contributed by atoms with Gasteiger partial charge in [-0.25, -0.2) is 8.42 Å². The van der Waals surface area contributed by atoms with Crippen LogP contribution in [0.1, 0.15) is 25.8 Å². The highest BCUT2D eigenvalue weighted by Crippen LogP contribution is 2.27. The Morgan fingerprint density at radius 3 is 2.70 bits per heavy atom. The molecule has 1 N–H and O–H groups in total. The molecule has 1 heterocycles. The molecule has 0 amide bonds. The van der Waals surface area contributed by atoms with Crippen molar-refractivity contribution in [1.29, 1.82) is 0 Å². The summed E-state index contributed by atoms with van der Waals surface area (Å²) in [5.41, 5.74) is 2.43. The molecule has 1 aromatic carbocycles. The van der Waals surface area contributed by atoms with E-state index in [1.54, 1.807) is 7.05 Å². The van der Waals surface area contributed by atoms with Crippen molar-refractivity contribution in [1.82, 2.24) is 5.32 Å². The quantitative estimate of drug-likeness (QED) is 0.660. The summed E-state index contributed by atoms with van der Waals surface area (Å²) in [7, 11) is -1.14. The van der Waals surface area contributed by atoms with Crippen molar-refractivity contribution in [2.24, 2.45) is 10.4 Å². The monoisotopic (exact) mass is 337 g/mol. The Morgan fingerprint density at radius 2 is 2.04 bits per heavy atom. The van der Waals surface area contributed by atoms with Gasteiger partial charge in [-0.2, -0.15) is 0 Å². The molecular formula is C17H27N3O2S. The number of rotatable bonds is 5. The summed E-state index contributed by atoms with van der Waals surface area (Å²) in [6, 6.07) is 8.37. The Morgan fingerprint density at radius 1 is 1.35 bits per heavy atom. The van der Waals surface area contributed by atoms with Crippen molar-refractivity contribution >= 4 is 21.5 Å². The number of guanidine groups is 1. The summed E-state index contributed by atoms with van der Waals surface area (Å²) >= 11 is 0. The predicted molar refractivity (Wildman–Crippen MR) is 97.0 cm³/mol. The second-order valence-electron chi connectivity index (χ2n) is 6.98. The SMILES string of the molecule is CN=C(NCC(C)(C)CCS(C)(=O)=O)N1CCc2ccccc21. The molecule has 6 heteroatoms. The zero-order valence-corrected chi connectivity index (χ0v) is 15.3. The average Bonchev–Trinajstić information content (AvgIpc) is 2.90. The van der Waals surface area contributed by atoms with E-state index in [-0.39, 0.29) is 11.2 Å². The average molecular weight is 337 g/mol. The first-order chi connectivity index (χ1) is 10.7. The van der Waals surface area contributed by atoms with Gasteiger partial charge in [-0.15, -0.1) is 0 Å². The Kier molecular flexibility index (Phi) is 5.34. The normalized spacial score (nSPS) is 15.7. The van der Waals surface area contributed by atoms with E-state index in [1.165, 1.54) is 17.5 Å². The van der Waals surface area contributed by atoms with Gasteiger partial charge in [0.25, 0.3) is 0 Å². The molecular weight excluding hydrogens is 310 g/mol. The van der Waals surface area contributed by atoms with E-state index >= 15 is 0 Å². The standard InChI is InChI=1S/C17H27N3O2S/c1-17(2,10-12-23(4,21)22)13-19-16(18-3)20-11-9-14-7-5-6-8-15(14)20/h5-8H,9-13H2,1-4H3,(H,18,19). The van der Waals surface area contributed by atoms with Gasteiger partial charge in [0.2, 0.25) is 0 Å². The third kappa shape index (κ3) is 4.96. The van der Waals surface area contributed by atoms with Crippen LogP contribution in [0.3, 0.4) is 0 Å². The lowest BCUT2D eigenvalue weighted by molar-refractivity contribution is 0.349. The lowest BCUT2D eigenvalue weighted by Gasteiger charge is -2.29. The van der Waals surface area contributed by atoms with Crippen LogP contribution in [-0.4, -0.2) is 46.5 Å². The summed E-state index contributed by atoms with van der Waals surface area (Å²) in [4.78, 5) is 6.59. The Hall–Kier alpha value is -1.56. The van der Waals surface area contributed by atoms with Gasteiger partial charge in [-0.05, 0) is 29.9 Å². The van der Waals surface area contributed by atoms with Crippen molar-refractivity contribution < 1.29 is 8.42 Å². The molecule has 1 aliphatic rings. The number of aliphatic imine (C=N–C) groups is 1. The van der Waals surface area contributed by atoms with Crippen LogP contribution in [0.25, 0.3) is 0 Å². The molecule has 2 rings (SSSR count). The molecule has 0 spiro atoms. The minimum atomic E-state index is -2.93. The van der Waals surface area contributed by atoms with Crippen molar-refractivity contribution in [3.8, 4) is 0 Å². The second-order valence-corrected chi connectivity index (χ2v) is 9.23. The van der Waals surface area contributed by atoms with Crippen LogP contribution in [0.2, 0.25) is 0 Å². The van der Waals surface area contributed by atoms with E-state index in [0.29, 0.717) is 13.0 Å². The van der Waals surface area contributed by atoms with Crippen LogP contribution in [0.4, 0.5) is 5.69 Å². The van der Waals surface area contributed by atoms with Gasteiger partial charge in [-0.1, -0.05) is 32.0 Å². The molecule has 0 aliphatic carbocycles. The number of anilines is 1. The first kappa shape index (κ1) is 17.8. The first-order valence-corrected chi connectivity index (χ1v) is 10.0. The molecule has 128 valence electrons. The van der Waals surface area contributed by atoms with Gasteiger partial charge in [0.15, 0.2) is 5.96 Å². The van der Waals surface area contributed by atoms with Crippen LogP contribution in [-0.2, 0) is 16.3 Å². The largest absolute Gasteiger partial charge is 0.355 e. The third-order valence-electron chi connectivity index (χ3n) is 4.23. The van der Waals surface area contributed by atoms with Gasteiger partial charge in [0.05, 0.1) is 5.75 Å². The predicted octanol–water partition coefficient (Wildman–Crippen LogP) is 2.09. The summed E-state index contributed by atoms with van der Waals surface area (Å²) in [5.74, 6) is 1.06. The molecule has 5 nitrogen and oxygen atoms in total. The number of para-hydroxylation sites is 1. The Bertz CT molecular complexity index is 681. The summed E-state index contributed by atoms with van der Waals surface area (Å²) in [5, 5.41) is 3.41. The number of nitrogens with one attached hydrogen (secondary N) is 1. The minimum Gasteiger partial charge on any atom is -0.355 e. The fourth-order valence-electron chi connectivity index (χ4n) is 2.72. The van der Waals surface area contributed by atoms with Crippen molar-refractivity contribution in [2.45, 2.75) is 26.7 Å². The molecule has 0 fully saturated rings. The number of benzene rings is 1. The highest BCUT2D eigenvalue weighted by molar-refractivity contribution is 7.90. The van der Waals surface area contributed by atoms with E-state index in [0.717, 1.165) is 18.9 Å². The van der Waals surface area contributed by atoms with Crippen molar-refractivity contribution in [2.75, 3.05) is 37.0 Å². The fourth-order valence-corrected chi connectivity index (χ4v) is 3.65. The van der Waals surface area contributed by atoms with Crippen molar-refractivity contribution in [3.63, 3.8) is 0 Å². The van der Waals surface area contributed by atoms with Crippen molar-refractivity contribution in [3.05, 3.63) is 29.8 Å². The lowest BCUT2D eigenvalue weighted by atomic mass is 9.90. The van der Waals surface area contributed by atoms with E-state index in [9.17, 15) is 8.42 Å². The van der Waals surface area contributed by atoms with Gasteiger partial charge in [0.1, 0.15) is 9.84 Å². The van der Waals surface area contributed by atoms with Gasteiger partial charge >= 0.3 is 0 Å². The number of sulfone groups is 1. The molecule has 1 aliphatic heterocycles.